The van der Waals surface area contributed by atoms with Crippen molar-refractivity contribution < 1.29 is 13.2 Å². The van der Waals surface area contributed by atoms with Crippen molar-refractivity contribution in [3.05, 3.63) is 58.2 Å². The number of imidazole rings is 1. The number of halogens is 4. The van der Waals surface area contributed by atoms with Crippen molar-refractivity contribution >= 4 is 22.9 Å². The first-order valence-corrected chi connectivity index (χ1v) is 7.44. The highest BCUT2D eigenvalue weighted by Gasteiger charge is 2.18. The van der Waals surface area contributed by atoms with Crippen LogP contribution in [0.1, 0.15) is 17.8 Å². The average Bonchev–Trinajstić information content (AvgIpc) is 3.08. The first-order chi connectivity index (χ1) is 10.5. The van der Waals surface area contributed by atoms with Gasteiger partial charge in [0, 0.05) is 6.20 Å². The largest absolute Gasteiger partial charge is 0.324 e. The van der Waals surface area contributed by atoms with Gasteiger partial charge in [-0.05, 0) is 24.3 Å². The first-order valence-electron chi connectivity index (χ1n) is 6.24. The molecule has 0 spiro atoms. The van der Waals surface area contributed by atoms with Gasteiger partial charge in [-0.25, -0.2) is 18.2 Å². The minimum atomic E-state index is -2.67. The molecule has 8 heteroatoms. The fraction of sp³-hybridized carbons (Fsp3) is 0.143. The third-order valence-electron chi connectivity index (χ3n) is 2.93. The Labute approximate surface area is 133 Å². The lowest BCUT2D eigenvalue weighted by Gasteiger charge is -2.05. The Morgan fingerprint density at radius 2 is 2.05 bits per heavy atom. The maximum Gasteiger partial charge on any atom is 0.281 e. The molecule has 0 aliphatic heterocycles. The van der Waals surface area contributed by atoms with Crippen LogP contribution in [0.5, 0.6) is 0 Å². The highest BCUT2D eigenvalue weighted by atomic mass is 35.5. The van der Waals surface area contributed by atoms with Crippen molar-refractivity contribution in [3.8, 4) is 10.7 Å². The number of rotatable bonds is 4. The lowest BCUT2D eigenvalue weighted by Crippen LogP contribution is -2.02. The molecule has 3 aromatic rings. The summed E-state index contributed by atoms with van der Waals surface area (Å²) in [6, 6.07) is 6.18. The standard InChI is InChI=1S/C14H9ClF3N3S/c15-12-4-3-11(22-12)14-20-10(13(17)18)7-21(14)6-9-2-1-8(16)5-19-9/h1-5,7,13H,6H2. The normalized spacial score (nSPS) is 11.3. The van der Waals surface area contributed by atoms with E-state index in [2.05, 4.69) is 9.97 Å². The zero-order valence-electron chi connectivity index (χ0n) is 11.0. The summed E-state index contributed by atoms with van der Waals surface area (Å²) in [5, 5.41) is 0. The highest BCUT2D eigenvalue weighted by Crippen LogP contribution is 2.32. The van der Waals surface area contributed by atoms with Crippen LogP contribution in [0.4, 0.5) is 13.2 Å². The van der Waals surface area contributed by atoms with Crippen LogP contribution in [0.2, 0.25) is 4.34 Å². The second-order valence-corrected chi connectivity index (χ2v) is 6.20. The van der Waals surface area contributed by atoms with Gasteiger partial charge in [0.15, 0.2) is 5.82 Å². The summed E-state index contributed by atoms with van der Waals surface area (Å²) in [7, 11) is 0. The van der Waals surface area contributed by atoms with E-state index in [0.717, 1.165) is 6.20 Å². The predicted octanol–water partition coefficient (Wildman–Crippen LogP) is 4.79. The Morgan fingerprint density at radius 1 is 1.23 bits per heavy atom. The molecule has 0 fully saturated rings. The van der Waals surface area contributed by atoms with Crippen LogP contribution in [0, 0.1) is 5.82 Å². The summed E-state index contributed by atoms with van der Waals surface area (Å²) < 4.78 is 40.8. The number of pyridine rings is 1. The van der Waals surface area contributed by atoms with Crippen molar-refractivity contribution in [2.45, 2.75) is 13.0 Å². The summed E-state index contributed by atoms with van der Waals surface area (Å²) in [6.45, 7) is 0.213. The maximum atomic E-state index is 12.9. The van der Waals surface area contributed by atoms with Gasteiger partial charge in [0.05, 0.1) is 27.6 Å². The van der Waals surface area contributed by atoms with Crippen molar-refractivity contribution in [2.75, 3.05) is 0 Å². The summed E-state index contributed by atoms with van der Waals surface area (Å²) >= 11 is 7.14. The van der Waals surface area contributed by atoms with Crippen LogP contribution in [0.25, 0.3) is 10.7 Å². The van der Waals surface area contributed by atoms with E-state index in [4.69, 9.17) is 11.6 Å². The zero-order chi connectivity index (χ0) is 15.7. The van der Waals surface area contributed by atoms with E-state index in [9.17, 15) is 13.2 Å². The predicted molar refractivity (Wildman–Crippen MR) is 78.8 cm³/mol. The van der Waals surface area contributed by atoms with E-state index >= 15 is 0 Å². The number of nitrogens with zero attached hydrogens (tertiary/aromatic N) is 3. The Morgan fingerprint density at radius 3 is 2.64 bits per heavy atom. The highest BCUT2D eigenvalue weighted by molar-refractivity contribution is 7.19. The van der Waals surface area contributed by atoms with Gasteiger partial charge in [-0.15, -0.1) is 11.3 Å². The van der Waals surface area contributed by atoms with Crippen LogP contribution in [-0.2, 0) is 6.54 Å². The molecule has 0 aliphatic carbocycles. The molecular formula is C14H9ClF3N3S. The summed E-state index contributed by atoms with van der Waals surface area (Å²) in [5.74, 6) is -0.0637. The Balaban J connectivity index is 1.99. The van der Waals surface area contributed by atoms with E-state index in [0.29, 0.717) is 20.7 Å². The van der Waals surface area contributed by atoms with Gasteiger partial charge in [-0.3, -0.25) is 4.98 Å². The molecule has 114 valence electrons. The fourth-order valence-corrected chi connectivity index (χ4v) is 3.02. The zero-order valence-corrected chi connectivity index (χ0v) is 12.6. The summed E-state index contributed by atoms with van der Waals surface area (Å²) in [6.07, 6.45) is -0.308. The summed E-state index contributed by atoms with van der Waals surface area (Å²) in [5.41, 5.74) is 0.227. The van der Waals surface area contributed by atoms with E-state index < -0.39 is 12.2 Å². The van der Waals surface area contributed by atoms with Crippen LogP contribution < -0.4 is 0 Å². The molecular weight excluding hydrogens is 335 g/mol. The molecule has 3 heterocycles. The Bertz CT molecular complexity index is 783. The minimum Gasteiger partial charge on any atom is -0.324 e. The van der Waals surface area contributed by atoms with E-state index in [1.165, 1.54) is 29.7 Å². The molecule has 3 rings (SSSR count). The first kappa shape index (κ1) is 15.1. The van der Waals surface area contributed by atoms with Crippen LogP contribution >= 0.6 is 22.9 Å². The van der Waals surface area contributed by atoms with Crippen LogP contribution in [-0.4, -0.2) is 14.5 Å². The molecule has 0 aliphatic rings. The molecule has 0 amide bonds. The third kappa shape index (κ3) is 3.15. The van der Waals surface area contributed by atoms with Gasteiger partial charge >= 0.3 is 0 Å². The molecule has 0 aromatic carbocycles. The quantitative estimate of drug-likeness (QED) is 0.682. The molecule has 3 nitrogen and oxygen atoms in total. The van der Waals surface area contributed by atoms with Crippen LogP contribution in [0.15, 0.2) is 36.7 Å². The van der Waals surface area contributed by atoms with Crippen molar-refractivity contribution in [1.82, 2.24) is 14.5 Å². The van der Waals surface area contributed by atoms with E-state index in [-0.39, 0.29) is 12.2 Å². The van der Waals surface area contributed by atoms with Gasteiger partial charge in [-0.1, -0.05) is 11.6 Å². The van der Waals surface area contributed by atoms with Crippen molar-refractivity contribution in [1.29, 1.82) is 0 Å². The Kier molecular flexibility index (Phi) is 4.17. The van der Waals surface area contributed by atoms with Gasteiger partial charge in [0.1, 0.15) is 11.5 Å². The second kappa shape index (κ2) is 6.10. The molecule has 22 heavy (non-hydrogen) atoms. The SMILES string of the molecule is Fc1ccc(Cn2cc(C(F)F)nc2-c2ccc(Cl)s2)nc1. The Hall–Kier alpha value is -1.86. The molecule has 3 aromatic heterocycles. The lowest BCUT2D eigenvalue weighted by molar-refractivity contribution is 0.146. The van der Waals surface area contributed by atoms with Gasteiger partial charge in [0.2, 0.25) is 0 Å². The van der Waals surface area contributed by atoms with E-state index in [1.54, 1.807) is 16.7 Å². The smallest absolute Gasteiger partial charge is 0.281 e. The lowest BCUT2D eigenvalue weighted by atomic mass is 10.3. The topological polar surface area (TPSA) is 30.7 Å². The number of hydrogen-bond acceptors (Lipinski definition) is 3. The molecule has 0 saturated carbocycles. The number of hydrogen-bond donors (Lipinski definition) is 0. The molecule has 0 bridgehead atoms. The van der Waals surface area contributed by atoms with Gasteiger partial charge < -0.3 is 4.57 Å². The maximum absolute atomic E-state index is 12.9. The summed E-state index contributed by atoms with van der Waals surface area (Å²) in [4.78, 5) is 8.58. The van der Waals surface area contributed by atoms with Crippen LogP contribution in [0.3, 0.4) is 0 Å². The fourth-order valence-electron chi connectivity index (χ4n) is 1.97. The van der Waals surface area contributed by atoms with Gasteiger partial charge in [0.25, 0.3) is 6.43 Å². The molecule has 0 N–H and O–H groups in total. The molecule has 0 atom stereocenters. The van der Waals surface area contributed by atoms with Crippen molar-refractivity contribution in [3.63, 3.8) is 0 Å². The minimum absolute atomic E-state index is 0.213. The second-order valence-electron chi connectivity index (χ2n) is 4.49. The number of alkyl halides is 2. The third-order valence-corrected chi connectivity index (χ3v) is 4.16. The molecule has 0 radical (unpaired) electrons. The number of thiophene rings is 1. The van der Waals surface area contributed by atoms with Crippen molar-refractivity contribution in [2.24, 2.45) is 0 Å². The number of aromatic nitrogens is 3. The molecule has 0 saturated heterocycles. The van der Waals surface area contributed by atoms with Gasteiger partial charge in [-0.2, -0.15) is 0 Å². The van der Waals surface area contributed by atoms with E-state index in [1.807, 2.05) is 0 Å². The average molecular weight is 344 g/mol. The molecule has 0 unspecified atom stereocenters. The monoisotopic (exact) mass is 343 g/mol.